The van der Waals surface area contributed by atoms with Crippen molar-refractivity contribution < 1.29 is 13.2 Å². The van der Waals surface area contributed by atoms with Gasteiger partial charge < -0.3 is 4.90 Å². The number of carbonyl (C=O) groups is 1. The fraction of sp³-hybridized carbons (Fsp3) is 0.316. The van der Waals surface area contributed by atoms with E-state index in [1.54, 1.807) is 34.9 Å². The number of amides is 1. The molecule has 1 saturated heterocycles. The Hall–Kier alpha value is -1.50. The highest BCUT2D eigenvalue weighted by molar-refractivity contribution is 8.00. The summed E-state index contributed by atoms with van der Waals surface area (Å²) < 4.78 is 23.9. The zero-order chi connectivity index (χ0) is 18.7. The summed E-state index contributed by atoms with van der Waals surface area (Å²) in [6.07, 6.45) is 2.88. The molecule has 2 aromatic carbocycles. The first kappa shape index (κ1) is 19.3. The molecule has 26 heavy (non-hydrogen) atoms. The second-order valence-corrected chi connectivity index (χ2v) is 10.1. The summed E-state index contributed by atoms with van der Waals surface area (Å²) in [5, 5.41) is 1.16. The molecule has 0 unspecified atom stereocenters. The number of sulfone groups is 1. The maximum absolute atomic E-state index is 12.8. The van der Waals surface area contributed by atoms with Gasteiger partial charge in [0, 0.05) is 34.5 Å². The largest absolute Gasteiger partial charge is 0.339 e. The molecule has 0 bridgehead atoms. The first-order valence-electron chi connectivity index (χ1n) is 8.35. The van der Waals surface area contributed by atoms with Crippen LogP contribution >= 0.6 is 23.4 Å². The van der Waals surface area contributed by atoms with Crippen molar-refractivity contribution in [2.24, 2.45) is 0 Å². The van der Waals surface area contributed by atoms with E-state index in [0.29, 0.717) is 18.3 Å². The third kappa shape index (κ3) is 4.61. The monoisotopic (exact) mass is 409 g/mol. The molecule has 0 radical (unpaired) electrons. The average molecular weight is 410 g/mol. The number of piperidine rings is 1. The lowest BCUT2D eigenvalue weighted by Gasteiger charge is -2.32. The molecule has 1 aliphatic heterocycles. The quantitative estimate of drug-likeness (QED) is 0.761. The van der Waals surface area contributed by atoms with Crippen molar-refractivity contribution in [3.63, 3.8) is 0 Å². The molecule has 1 amide bonds. The first-order chi connectivity index (χ1) is 12.3. The van der Waals surface area contributed by atoms with Crippen LogP contribution in [-0.4, -0.2) is 43.8 Å². The highest BCUT2D eigenvalue weighted by atomic mass is 35.5. The highest BCUT2D eigenvalue weighted by Crippen LogP contribution is 2.31. The molecular formula is C19H20ClNO3S2. The Kier molecular flexibility index (Phi) is 5.95. The second kappa shape index (κ2) is 8.03. The van der Waals surface area contributed by atoms with Crippen LogP contribution in [-0.2, 0) is 9.84 Å². The standard InChI is InChI=1S/C19H20ClNO3S2/c1-26(23,24)18-5-3-2-4-17(18)19(22)21-12-10-16(11-13-21)25-15-8-6-14(20)7-9-15/h2-9,16H,10-13H2,1H3. The van der Waals surface area contributed by atoms with Crippen molar-refractivity contribution in [2.75, 3.05) is 19.3 Å². The zero-order valence-corrected chi connectivity index (χ0v) is 16.8. The lowest BCUT2D eigenvalue weighted by Crippen LogP contribution is -2.39. The van der Waals surface area contributed by atoms with Crippen LogP contribution < -0.4 is 0 Å². The van der Waals surface area contributed by atoms with E-state index in [9.17, 15) is 13.2 Å². The summed E-state index contributed by atoms with van der Waals surface area (Å²) >= 11 is 7.71. The molecule has 3 rings (SSSR count). The number of thioether (sulfide) groups is 1. The smallest absolute Gasteiger partial charge is 0.255 e. The minimum Gasteiger partial charge on any atom is -0.339 e. The Morgan fingerprint density at radius 1 is 1.08 bits per heavy atom. The van der Waals surface area contributed by atoms with Gasteiger partial charge in [-0.25, -0.2) is 8.42 Å². The van der Waals surface area contributed by atoms with Crippen LogP contribution in [0.15, 0.2) is 58.3 Å². The Bertz CT molecular complexity index is 889. The van der Waals surface area contributed by atoms with Crippen LogP contribution in [0.25, 0.3) is 0 Å². The van der Waals surface area contributed by atoms with Crippen LogP contribution in [0.4, 0.5) is 0 Å². The molecule has 1 fully saturated rings. The molecular weight excluding hydrogens is 390 g/mol. The molecule has 1 aliphatic rings. The Morgan fingerprint density at radius 3 is 2.31 bits per heavy atom. The normalized spacial score (nSPS) is 15.8. The SMILES string of the molecule is CS(=O)(=O)c1ccccc1C(=O)N1CCC(Sc2ccc(Cl)cc2)CC1. The van der Waals surface area contributed by atoms with Crippen molar-refractivity contribution in [1.82, 2.24) is 4.90 Å². The third-order valence-corrected chi connectivity index (χ3v) is 7.12. The molecule has 0 saturated carbocycles. The predicted octanol–water partition coefficient (Wildman–Crippen LogP) is 4.14. The summed E-state index contributed by atoms with van der Waals surface area (Å²) in [5.41, 5.74) is 0.263. The lowest BCUT2D eigenvalue weighted by atomic mass is 10.1. The maximum Gasteiger partial charge on any atom is 0.255 e. The van der Waals surface area contributed by atoms with Crippen LogP contribution in [0.2, 0.25) is 5.02 Å². The summed E-state index contributed by atoms with van der Waals surface area (Å²) in [6.45, 7) is 1.25. The van der Waals surface area contributed by atoms with E-state index in [0.717, 1.165) is 24.1 Å². The van der Waals surface area contributed by atoms with Crippen molar-refractivity contribution in [1.29, 1.82) is 0 Å². The number of hydrogen-bond acceptors (Lipinski definition) is 4. The van der Waals surface area contributed by atoms with Gasteiger partial charge in [-0.3, -0.25) is 4.79 Å². The highest BCUT2D eigenvalue weighted by Gasteiger charge is 2.27. The fourth-order valence-electron chi connectivity index (χ4n) is 3.02. The Morgan fingerprint density at radius 2 is 1.69 bits per heavy atom. The van der Waals surface area contributed by atoms with E-state index in [4.69, 9.17) is 11.6 Å². The first-order valence-corrected chi connectivity index (χ1v) is 11.5. The minimum absolute atomic E-state index is 0.0997. The Labute approximate surface area is 163 Å². The number of hydrogen-bond donors (Lipinski definition) is 0. The molecule has 0 spiro atoms. The van der Waals surface area contributed by atoms with Gasteiger partial charge in [0.25, 0.3) is 5.91 Å². The molecule has 4 nitrogen and oxygen atoms in total. The molecule has 0 aliphatic carbocycles. The van der Waals surface area contributed by atoms with E-state index in [2.05, 4.69) is 0 Å². The molecule has 138 valence electrons. The number of benzene rings is 2. The lowest BCUT2D eigenvalue weighted by molar-refractivity contribution is 0.0723. The second-order valence-electron chi connectivity index (χ2n) is 6.33. The predicted molar refractivity (Wildman–Crippen MR) is 106 cm³/mol. The van der Waals surface area contributed by atoms with Gasteiger partial charge >= 0.3 is 0 Å². The van der Waals surface area contributed by atoms with Gasteiger partial charge in [0.1, 0.15) is 0 Å². The number of likely N-dealkylation sites (tertiary alicyclic amines) is 1. The minimum atomic E-state index is -3.43. The summed E-state index contributed by atoms with van der Waals surface area (Å²) in [6, 6.07) is 14.2. The maximum atomic E-state index is 12.8. The van der Waals surface area contributed by atoms with E-state index in [1.807, 2.05) is 24.3 Å². The van der Waals surface area contributed by atoms with Gasteiger partial charge in [0.15, 0.2) is 9.84 Å². The number of carbonyl (C=O) groups excluding carboxylic acids is 1. The van der Waals surface area contributed by atoms with Gasteiger partial charge in [-0.05, 0) is 49.2 Å². The third-order valence-electron chi connectivity index (χ3n) is 4.36. The van der Waals surface area contributed by atoms with Crippen LogP contribution in [0, 0.1) is 0 Å². The molecule has 0 atom stereocenters. The summed E-state index contributed by atoms with van der Waals surface area (Å²) in [5.74, 6) is -0.207. The van der Waals surface area contributed by atoms with Crippen molar-refractivity contribution in [3.05, 3.63) is 59.1 Å². The fourth-order valence-corrected chi connectivity index (χ4v) is 5.15. The number of halogens is 1. The summed E-state index contributed by atoms with van der Waals surface area (Å²) in [4.78, 5) is 15.8. The molecule has 0 aromatic heterocycles. The van der Waals surface area contributed by atoms with Gasteiger partial charge in [-0.15, -0.1) is 11.8 Å². The molecule has 1 heterocycles. The number of nitrogens with zero attached hydrogens (tertiary/aromatic N) is 1. The van der Waals surface area contributed by atoms with Gasteiger partial charge in [0.05, 0.1) is 10.5 Å². The number of rotatable bonds is 4. The van der Waals surface area contributed by atoms with Crippen LogP contribution in [0.5, 0.6) is 0 Å². The molecule has 2 aromatic rings. The average Bonchev–Trinajstić information content (AvgIpc) is 2.63. The van der Waals surface area contributed by atoms with E-state index >= 15 is 0 Å². The Balaban J connectivity index is 1.65. The zero-order valence-electron chi connectivity index (χ0n) is 14.4. The van der Waals surface area contributed by atoms with Gasteiger partial charge in [-0.2, -0.15) is 0 Å². The van der Waals surface area contributed by atoms with Gasteiger partial charge in [0.2, 0.25) is 0 Å². The van der Waals surface area contributed by atoms with E-state index < -0.39 is 9.84 Å². The molecule has 0 N–H and O–H groups in total. The van der Waals surface area contributed by atoms with Gasteiger partial charge in [-0.1, -0.05) is 23.7 Å². The van der Waals surface area contributed by atoms with Crippen molar-refractivity contribution in [3.8, 4) is 0 Å². The van der Waals surface area contributed by atoms with Crippen LogP contribution in [0.1, 0.15) is 23.2 Å². The van der Waals surface area contributed by atoms with E-state index in [-0.39, 0.29) is 16.4 Å². The molecule has 7 heteroatoms. The topological polar surface area (TPSA) is 54.5 Å². The summed E-state index contributed by atoms with van der Waals surface area (Å²) in [7, 11) is -3.43. The van der Waals surface area contributed by atoms with Crippen LogP contribution in [0.3, 0.4) is 0 Å². The van der Waals surface area contributed by atoms with Crippen molar-refractivity contribution >= 4 is 39.1 Å². The van der Waals surface area contributed by atoms with E-state index in [1.165, 1.54) is 11.0 Å². The van der Waals surface area contributed by atoms with Crippen molar-refractivity contribution in [2.45, 2.75) is 27.9 Å².